The number of carbonyl (C=O) groups is 1. The van der Waals surface area contributed by atoms with Crippen LogP contribution in [-0.4, -0.2) is 39.0 Å². The summed E-state index contributed by atoms with van der Waals surface area (Å²) in [6.45, 7) is 4.48. The molecule has 148 valence electrons. The van der Waals surface area contributed by atoms with Crippen LogP contribution in [-0.2, 0) is 16.1 Å². The van der Waals surface area contributed by atoms with Gasteiger partial charge >= 0.3 is 0 Å². The lowest BCUT2D eigenvalue weighted by Crippen LogP contribution is -2.33. The summed E-state index contributed by atoms with van der Waals surface area (Å²) in [6.07, 6.45) is 2.30. The second kappa shape index (κ2) is 11.1. The monoisotopic (exact) mass is 446 g/mol. The Kier molecular flexibility index (Phi) is 8.55. The van der Waals surface area contributed by atoms with Gasteiger partial charge < -0.3 is 19.6 Å². The Labute approximate surface area is 173 Å². The van der Waals surface area contributed by atoms with Crippen molar-refractivity contribution in [3.8, 4) is 11.5 Å². The van der Waals surface area contributed by atoms with E-state index in [2.05, 4.69) is 33.0 Å². The van der Waals surface area contributed by atoms with Crippen LogP contribution in [0.4, 0.5) is 0 Å². The van der Waals surface area contributed by atoms with Crippen molar-refractivity contribution >= 4 is 27.5 Å². The molecular weight excluding hydrogens is 424 g/mol. The molecule has 1 N–H and O–H groups in total. The van der Waals surface area contributed by atoms with Gasteiger partial charge in [0.25, 0.3) is 5.91 Å². The molecule has 0 atom stereocenters. The van der Waals surface area contributed by atoms with Crippen molar-refractivity contribution in [3.05, 3.63) is 70.7 Å². The molecule has 2 aromatic carbocycles. The third kappa shape index (κ3) is 6.13. The van der Waals surface area contributed by atoms with Crippen LogP contribution in [0.2, 0.25) is 0 Å². The first-order valence-corrected chi connectivity index (χ1v) is 9.44. The number of ether oxygens (including phenoxy) is 2. The molecule has 1 amide bonds. The SMILES string of the molecule is C=CCOc1ccc(CCNC(=O)C(=NOC)c2ccc(Br)cc2)cc1OC. The maximum absolute atomic E-state index is 12.5. The second-order valence-corrected chi connectivity index (χ2v) is 6.64. The fourth-order valence-electron chi connectivity index (χ4n) is 2.46. The molecule has 0 fully saturated rings. The summed E-state index contributed by atoms with van der Waals surface area (Å²) >= 11 is 3.37. The fraction of sp³-hybridized carbons (Fsp3) is 0.238. The highest BCUT2D eigenvalue weighted by Gasteiger charge is 2.15. The molecular formula is C21H23BrN2O4. The molecule has 0 unspecified atom stereocenters. The van der Waals surface area contributed by atoms with E-state index in [0.29, 0.717) is 36.6 Å². The maximum Gasteiger partial charge on any atom is 0.273 e. The quantitative estimate of drug-likeness (QED) is 0.343. The average molecular weight is 447 g/mol. The van der Waals surface area contributed by atoms with E-state index in [1.807, 2.05) is 30.3 Å². The van der Waals surface area contributed by atoms with Crippen LogP contribution in [0.5, 0.6) is 11.5 Å². The van der Waals surface area contributed by atoms with Crippen LogP contribution in [0, 0.1) is 0 Å². The number of amides is 1. The highest BCUT2D eigenvalue weighted by molar-refractivity contribution is 9.10. The number of oxime groups is 1. The van der Waals surface area contributed by atoms with Gasteiger partial charge in [0, 0.05) is 16.6 Å². The van der Waals surface area contributed by atoms with Gasteiger partial charge in [0.1, 0.15) is 13.7 Å². The normalized spacial score (nSPS) is 10.9. The Morgan fingerprint density at radius 1 is 1.18 bits per heavy atom. The van der Waals surface area contributed by atoms with E-state index in [1.165, 1.54) is 7.11 Å². The van der Waals surface area contributed by atoms with E-state index >= 15 is 0 Å². The third-order valence-electron chi connectivity index (χ3n) is 3.80. The second-order valence-electron chi connectivity index (χ2n) is 5.72. The zero-order valence-electron chi connectivity index (χ0n) is 15.9. The molecule has 2 rings (SSSR count). The van der Waals surface area contributed by atoms with E-state index in [-0.39, 0.29) is 11.6 Å². The van der Waals surface area contributed by atoms with Crippen molar-refractivity contribution in [2.75, 3.05) is 27.4 Å². The minimum Gasteiger partial charge on any atom is -0.493 e. The summed E-state index contributed by atoms with van der Waals surface area (Å²) in [4.78, 5) is 17.3. The third-order valence-corrected chi connectivity index (χ3v) is 4.33. The van der Waals surface area contributed by atoms with Crippen LogP contribution in [0.25, 0.3) is 0 Å². The van der Waals surface area contributed by atoms with Crippen LogP contribution in [0.1, 0.15) is 11.1 Å². The molecule has 0 aromatic heterocycles. The Bertz CT molecular complexity index is 835. The van der Waals surface area contributed by atoms with Crippen molar-refractivity contribution in [2.24, 2.45) is 5.16 Å². The number of halogens is 1. The Hall–Kier alpha value is -2.80. The van der Waals surface area contributed by atoms with Gasteiger partial charge in [-0.15, -0.1) is 0 Å². The topological polar surface area (TPSA) is 69.2 Å². The van der Waals surface area contributed by atoms with Gasteiger partial charge in [-0.2, -0.15) is 0 Å². The zero-order chi connectivity index (χ0) is 20.4. The predicted octanol–water partition coefficient (Wildman–Crippen LogP) is 3.73. The van der Waals surface area contributed by atoms with Gasteiger partial charge in [0.05, 0.1) is 7.11 Å². The van der Waals surface area contributed by atoms with Gasteiger partial charge in [-0.3, -0.25) is 4.79 Å². The number of rotatable bonds is 10. The highest BCUT2D eigenvalue weighted by atomic mass is 79.9. The zero-order valence-corrected chi connectivity index (χ0v) is 17.5. The summed E-state index contributed by atoms with van der Waals surface area (Å²) in [7, 11) is 3.00. The minimum atomic E-state index is -0.304. The van der Waals surface area contributed by atoms with Crippen LogP contribution >= 0.6 is 15.9 Å². The molecule has 0 spiro atoms. The standard InChI is InChI=1S/C21H23BrN2O4/c1-4-13-28-18-10-5-15(14-19(18)26-2)11-12-23-21(25)20(24-27-3)16-6-8-17(22)9-7-16/h4-10,14H,1,11-13H2,2-3H3,(H,23,25). The maximum atomic E-state index is 12.5. The Balaban J connectivity index is 1.99. The van der Waals surface area contributed by atoms with Crippen molar-refractivity contribution < 1.29 is 19.1 Å². The fourth-order valence-corrected chi connectivity index (χ4v) is 2.73. The smallest absolute Gasteiger partial charge is 0.273 e. The van der Waals surface area contributed by atoms with Crippen LogP contribution in [0.15, 0.2) is 64.7 Å². The van der Waals surface area contributed by atoms with Crippen LogP contribution in [0.3, 0.4) is 0 Å². The van der Waals surface area contributed by atoms with Crippen molar-refractivity contribution in [2.45, 2.75) is 6.42 Å². The van der Waals surface area contributed by atoms with E-state index in [0.717, 1.165) is 10.0 Å². The number of nitrogens with one attached hydrogen (secondary N) is 1. The molecule has 28 heavy (non-hydrogen) atoms. The predicted molar refractivity (Wildman–Crippen MR) is 113 cm³/mol. The Morgan fingerprint density at radius 2 is 1.93 bits per heavy atom. The molecule has 0 aliphatic carbocycles. The summed E-state index contributed by atoms with van der Waals surface area (Å²) in [5, 5.41) is 6.73. The molecule has 0 heterocycles. The van der Waals surface area contributed by atoms with Gasteiger partial charge in [-0.25, -0.2) is 0 Å². The average Bonchev–Trinajstić information content (AvgIpc) is 2.71. The first-order chi connectivity index (χ1) is 13.6. The lowest BCUT2D eigenvalue weighted by atomic mass is 10.1. The van der Waals surface area contributed by atoms with Gasteiger partial charge in [-0.1, -0.05) is 51.9 Å². The van der Waals surface area contributed by atoms with Gasteiger partial charge in [0.15, 0.2) is 17.2 Å². The van der Waals surface area contributed by atoms with Crippen molar-refractivity contribution in [3.63, 3.8) is 0 Å². The minimum absolute atomic E-state index is 0.223. The largest absolute Gasteiger partial charge is 0.493 e. The summed E-state index contributed by atoms with van der Waals surface area (Å²) in [5.74, 6) is 0.990. The molecule has 0 saturated carbocycles. The summed E-state index contributed by atoms with van der Waals surface area (Å²) < 4.78 is 11.8. The highest BCUT2D eigenvalue weighted by Crippen LogP contribution is 2.28. The van der Waals surface area contributed by atoms with Crippen molar-refractivity contribution in [1.82, 2.24) is 5.32 Å². The lowest BCUT2D eigenvalue weighted by Gasteiger charge is -2.12. The molecule has 6 nitrogen and oxygen atoms in total. The molecule has 0 bridgehead atoms. The number of carbonyl (C=O) groups excluding carboxylic acids is 1. The summed E-state index contributed by atoms with van der Waals surface area (Å²) in [5.41, 5.74) is 1.91. The van der Waals surface area contributed by atoms with E-state index in [1.54, 1.807) is 25.3 Å². The molecule has 0 aliphatic heterocycles. The first kappa shape index (κ1) is 21.5. The molecule has 0 saturated heterocycles. The van der Waals surface area contributed by atoms with E-state index < -0.39 is 0 Å². The molecule has 7 heteroatoms. The van der Waals surface area contributed by atoms with E-state index in [9.17, 15) is 4.79 Å². The number of nitrogens with zero attached hydrogens (tertiary/aromatic N) is 1. The number of methoxy groups -OCH3 is 1. The molecule has 2 aromatic rings. The Morgan fingerprint density at radius 3 is 2.57 bits per heavy atom. The van der Waals surface area contributed by atoms with E-state index in [4.69, 9.17) is 14.3 Å². The van der Waals surface area contributed by atoms with Gasteiger partial charge in [0.2, 0.25) is 0 Å². The number of benzene rings is 2. The van der Waals surface area contributed by atoms with Crippen molar-refractivity contribution in [1.29, 1.82) is 0 Å². The lowest BCUT2D eigenvalue weighted by molar-refractivity contribution is -0.114. The molecule has 0 aliphatic rings. The first-order valence-electron chi connectivity index (χ1n) is 8.65. The number of hydrogen-bond donors (Lipinski definition) is 1. The van der Waals surface area contributed by atoms with Gasteiger partial charge in [-0.05, 0) is 36.2 Å². The summed E-state index contributed by atoms with van der Waals surface area (Å²) in [6, 6.07) is 13.0. The molecule has 0 radical (unpaired) electrons. The van der Waals surface area contributed by atoms with Crippen LogP contribution < -0.4 is 14.8 Å². The number of hydrogen-bond acceptors (Lipinski definition) is 5.